The number of sulfonamides is 1. The van der Waals surface area contributed by atoms with Gasteiger partial charge in [-0.3, -0.25) is 4.68 Å². The van der Waals surface area contributed by atoms with E-state index in [0.717, 1.165) is 6.42 Å². The predicted molar refractivity (Wildman–Crippen MR) is 80.4 cm³/mol. The molecule has 0 amide bonds. The van der Waals surface area contributed by atoms with Crippen LogP contribution in [-0.2, 0) is 16.6 Å². The van der Waals surface area contributed by atoms with Crippen molar-refractivity contribution in [3.63, 3.8) is 0 Å². The van der Waals surface area contributed by atoms with Crippen LogP contribution in [0.5, 0.6) is 0 Å². The topological polar surface area (TPSA) is 88.9 Å². The highest BCUT2D eigenvalue weighted by Crippen LogP contribution is 2.17. The van der Waals surface area contributed by atoms with Crippen LogP contribution in [0.15, 0.2) is 41.8 Å². The van der Waals surface area contributed by atoms with E-state index in [9.17, 15) is 8.42 Å². The molecule has 2 aromatic rings. The van der Waals surface area contributed by atoms with Crippen LogP contribution in [-0.4, -0.2) is 36.3 Å². The molecule has 0 aromatic carbocycles. The lowest BCUT2D eigenvalue weighted by molar-refractivity contribution is 0.558. The second-order valence-electron chi connectivity index (χ2n) is 4.45. The maximum atomic E-state index is 12.3. The van der Waals surface area contributed by atoms with Gasteiger partial charge in [-0.1, -0.05) is 6.92 Å². The van der Waals surface area contributed by atoms with Crippen molar-refractivity contribution in [3.05, 3.63) is 36.8 Å². The smallest absolute Gasteiger partial charge is 0.260 e. The van der Waals surface area contributed by atoms with Gasteiger partial charge in [-0.25, -0.2) is 18.1 Å². The van der Waals surface area contributed by atoms with E-state index in [1.165, 1.54) is 6.20 Å². The Labute approximate surface area is 124 Å². The van der Waals surface area contributed by atoms with Crippen LogP contribution in [0.4, 0.5) is 5.69 Å². The summed E-state index contributed by atoms with van der Waals surface area (Å²) in [6.45, 7) is 3.44. The van der Waals surface area contributed by atoms with Crippen molar-refractivity contribution in [2.45, 2.75) is 24.9 Å². The van der Waals surface area contributed by atoms with Crippen molar-refractivity contribution in [2.24, 2.45) is 0 Å². The molecule has 0 saturated carbocycles. The molecule has 7 nitrogen and oxygen atoms in total. The van der Waals surface area contributed by atoms with Gasteiger partial charge in [0, 0.05) is 31.7 Å². The molecule has 0 aliphatic carbocycles. The van der Waals surface area contributed by atoms with Crippen LogP contribution < -0.4 is 10.0 Å². The van der Waals surface area contributed by atoms with Crippen molar-refractivity contribution >= 4 is 15.7 Å². The Balaban J connectivity index is 2.04. The largest absolute Gasteiger partial charge is 0.383 e. The Morgan fingerprint density at radius 3 is 2.81 bits per heavy atom. The third-order valence-electron chi connectivity index (χ3n) is 2.78. The van der Waals surface area contributed by atoms with Gasteiger partial charge >= 0.3 is 0 Å². The van der Waals surface area contributed by atoms with E-state index in [1.54, 1.807) is 35.3 Å². The van der Waals surface area contributed by atoms with E-state index in [0.29, 0.717) is 18.8 Å². The van der Waals surface area contributed by atoms with Gasteiger partial charge in [-0.15, -0.1) is 0 Å². The summed E-state index contributed by atoms with van der Waals surface area (Å²) in [5, 5.41) is 7.12. The van der Waals surface area contributed by atoms with E-state index in [-0.39, 0.29) is 11.6 Å². The summed E-state index contributed by atoms with van der Waals surface area (Å²) in [6, 6.07) is 5.21. The third kappa shape index (κ3) is 4.27. The van der Waals surface area contributed by atoms with Gasteiger partial charge < -0.3 is 5.32 Å². The van der Waals surface area contributed by atoms with Gasteiger partial charge in [0.2, 0.25) is 0 Å². The summed E-state index contributed by atoms with van der Waals surface area (Å²) in [4.78, 5) is 3.98. The monoisotopic (exact) mass is 309 g/mol. The molecular weight excluding hydrogens is 290 g/mol. The Kier molecular flexibility index (Phi) is 5.29. The van der Waals surface area contributed by atoms with Gasteiger partial charge in [0.1, 0.15) is 0 Å². The first-order valence-corrected chi connectivity index (χ1v) is 8.28. The number of anilines is 1. The number of aromatic nitrogens is 3. The minimum absolute atomic E-state index is 0.0268. The number of hydrogen-bond donors (Lipinski definition) is 2. The first-order valence-electron chi connectivity index (χ1n) is 6.79. The standard InChI is InChI=1S/C13H19N5O2S/c1-2-6-14-12-5-3-7-15-13(12)21(19,20)17-9-11-18-10-4-8-16-18/h3-5,7-8,10,14,17H,2,6,9,11H2,1H3. The van der Waals surface area contributed by atoms with Gasteiger partial charge in [0.25, 0.3) is 10.0 Å². The molecule has 114 valence electrons. The van der Waals surface area contributed by atoms with Crippen LogP contribution in [0, 0.1) is 0 Å². The molecule has 2 aromatic heterocycles. The quantitative estimate of drug-likeness (QED) is 0.761. The van der Waals surface area contributed by atoms with Gasteiger partial charge in [-0.2, -0.15) is 5.10 Å². The van der Waals surface area contributed by atoms with Crippen molar-refractivity contribution < 1.29 is 8.42 Å². The molecule has 0 aliphatic heterocycles. The molecule has 0 aliphatic rings. The highest BCUT2D eigenvalue weighted by molar-refractivity contribution is 7.89. The molecule has 2 heterocycles. The Hall–Kier alpha value is -1.93. The van der Waals surface area contributed by atoms with Crippen LogP contribution in [0.3, 0.4) is 0 Å². The number of rotatable bonds is 8. The number of hydrogen-bond acceptors (Lipinski definition) is 5. The summed E-state index contributed by atoms with van der Waals surface area (Å²) in [5.74, 6) is 0. The first-order chi connectivity index (χ1) is 10.1. The van der Waals surface area contributed by atoms with E-state index in [1.807, 2.05) is 6.92 Å². The summed E-state index contributed by atoms with van der Waals surface area (Å²) in [5.41, 5.74) is 0.519. The number of nitrogens with one attached hydrogen (secondary N) is 2. The zero-order valence-corrected chi connectivity index (χ0v) is 12.7. The molecule has 2 rings (SSSR count). The van der Waals surface area contributed by atoms with Gasteiger partial charge in [0.15, 0.2) is 5.03 Å². The molecule has 0 saturated heterocycles. The summed E-state index contributed by atoms with van der Waals surface area (Å²) in [6.07, 6.45) is 5.81. The van der Waals surface area contributed by atoms with E-state index in [4.69, 9.17) is 0 Å². The normalized spacial score (nSPS) is 11.5. The molecule has 0 atom stereocenters. The van der Waals surface area contributed by atoms with Crippen molar-refractivity contribution in [1.29, 1.82) is 0 Å². The fourth-order valence-electron chi connectivity index (χ4n) is 1.79. The summed E-state index contributed by atoms with van der Waals surface area (Å²) < 4.78 is 28.8. The van der Waals surface area contributed by atoms with Crippen LogP contribution in [0.2, 0.25) is 0 Å². The lowest BCUT2D eigenvalue weighted by Gasteiger charge is -2.11. The molecule has 0 fully saturated rings. The first kappa shape index (κ1) is 15.5. The van der Waals surface area contributed by atoms with Gasteiger partial charge in [0.05, 0.1) is 12.2 Å². The molecule has 0 bridgehead atoms. The van der Waals surface area contributed by atoms with E-state index >= 15 is 0 Å². The number of pyridine rings is 1. The third-order valence-corrected chi connectivity index (χ3v) is 4.20. The fraction of sp³-hybridized carbons (Fsp3) is 0.385. The van der Waals surface area contributed by atoms with Crippen LogP contribution in [0.1, 0.15) is 13.3 Å². The SMILES string of the molecule is CCCNc1cccnc1S(=O)(=O)NCCn1cccn1. The molecule has 0 unspecified atom stereocenters. The zero-order valence-electron chi connectivity index (χ0n) is 11.9. The summed E-state index contributed by atoms with van der Waals surface area (Å²) in [7, 11) is -3.64. The second-order valence-corrected chi connectivity index (χ2v) is 6.13. The highest BCUT2D eigenvalue weighted by Gasteiger charge is 2.19. The highest BCUT2D eigenvalue weighted by atomic mass is 32.2. The Morgan fingerprint density at radius 2 is 2.10 bits per heavy atom. The van der Waals surface area contributed by atoms with Crippen molar-refractivity contribution in [3.8, 4) is 0 Å². The Morgan fingerprint density at radius 1 is 1.24 bits per heavy atom. The van der Waals surface area contributed by atoms with E-state index < -0.39 is 10.0 Å². The average molecular weight is 309 g/mol. The lowest BCUT2D eigenvalue weighted by atomic mass is 10.4. The molecule has 2 N–H and O–H groups in total. The molecular formula is C13H19N5O2S. The van der Waals surface area contributed by atoms with Crippen molar-refractivity contribution in [1.82, 2.24) is 19.5 Å². The lowest BCUT2D eigenvalue weighted by Crippen LogP contribution is -2.29. The Bertz CT molecular complexity index is 655. The zero-order chi connectivity index (χ0) is 15.1. The van der Waals surface area contributed by atoms with E-state index in [2.05, 4.69) is 20.1 Å². The van der Waals surface area contributed by atoms with Crippen molar-refractivity contribution in [2.75, 3.05) is 18.4 Å². The minimum atomic E-state index is -3.64. The maximum absolute atomic E-state index is 12.3. The maximum Gasteiger partial charge on any atom is 0.260 e. The minimum Gasteiger partial charge on any atom is -0.383 e. The van der Waals surface area contributed by atoms with Gasteiger partial charge in [-0.05, 0) is 24.6 Å². The van der Waals surface area contributed by atoms with Crippen LogP contribution >= 0.6 is 0 Å². The molecule has 0 spiro atoms. The predicted octanol–water partition coefficient (Wildman–Crippen LogP) is 1.08. The average Bonchev–Trinajstić information content (AvgIpc) is 2.98. The second kappa shape index (κ2) is 7.19. The number of nitrogens with zero attached hydrogens (tertiary/aromatic N) is 3. The molecule has 8 heteroatoms. The van der Waals surface area contributed by atoms with Crippen LogP contribution in [0.25, 0.3) is 0 Å². The molecule has 21 heavy (non-hydrogen) atoms. The fourth-order valence-corrected chi connectivity index (χ4v) is 2.92. The summed E-state index contributed by atoms with van der Waals surface area (Å²) >= 11 is 0. The molecule has 0 radical (unpaired) electrons.